The number of hydrogen-bond acceptors (Lipinski definition) is 5. The van der Waals surface area contributed by atoms with Crippen LogP contribution in [0.15, 0.2) is 29.6 Å². The minimum atomic E-state index is -0.459. The molecule has 1 heterocycles. The molecule has 0 radical (unpaired) electrons. The fourth-order valence-corrected chi connectivity index (χ4v) is 2.92. The zero-order chi connectivity index (χ0) is 16.8. The summed E-state index contributed by atoms with van der Waals surface area (Å²) in [5, 5.41) is 2.38. The molecule has 0 saturated heterocycles. The van der Waals surface area contributed by atoms with Gasteiger partial charge in [-0.25, -0.2) is 9.78 Å². The van der Waals surface area contributed by atoms with Gasteiger partial charge in [-0.3, -0.25) is 4.79 Å². The Morgan fingerprint density at radius 3 is 2.57 bits per heavy atom. The number of amides is 1. The monoisotopic (exact) mass is 332 g/mol. The first-order valence-corrected chi connectivity index (χ1v) is 8.31. The molecule has 122 valence electrons. The lowest BCUT2D eigenvalue weighted by atomic mass is 10.1. The number of hydrogen-bond donors (Lipinski definition) is 0. The number of ether oxygens (including phenoxy) is 1. The van der Waals surface area contributed by atoms with Crippen LogP contribution in [0.5, 0.6) is 0 Å². The Labute approximate surface area is 139 Å². The molecule has 1 aromatic heterocycles. The first kappa shape index (κ1) is 17.1. The summed E-state index contributed by atoms with van der Waals surface area (Å²) in [7, 11) is 1.33. The third-order valence-electron chi connectivity index (χ3n) is 3.35. The fraction of sp³-hybridized carbons (Fsp3) is 0.353. The van der Waals surface area contributed by atoms with E-state index in [2.05, 4.69) is 9.72 Å². The minimum Gasteiger partial charge on any atom is -0.464 e. The predicted molar refractivity (Wildman–Crippen MR) is 89.7 cm³/mol. The lowest BCUT2D eigenvalue weighted by molar-refractivity contribution is 0.0594. The first-order chi connectivity index (χ1) is 11.0. The molecule has 0 saturated carbocycles. The van der Waals surface area contributed by atoms with E-state index >= 15 is 0 Å². The van der Waals surface area contributed by atoms with Crippen LogP contribution in [0.2, 0.25) is 0 Å². The van der Waals surface area contributed by atoms with Gasteiger partial charge in [0, 0.05) is 17.5 Å². The van der Waals surface area contributed by atoms with E-state index in [9.17, 15) is 9.59 Å². The van der Waals surface area contributed by atoms with Gasteiger partial charge in [-0.1, -0.05) is 24.6 Å². The van der Waals surface area contributed by atoms with Gasteiger partial charge in [0.2, 0.25) is 0 Å². The summed E-state index contributed by atoms with van der Waals surface area (Å²) in [4.78, 5) is 30.1. The number of esters is 1. The molecule has 0 aliphatic heterocycles. The quantitative estimate of drug-likeness (QED) is 0.762. The van der Waals surface area contributed by atoms with E-state index in [-0.39, 0.29) is 11.6 Å². The lowest BCUT2D eigenvalue weighted by Gasteiger charge is -2.21. The van der Waals surface area contributed by atoms with Gasteiger partial charge in [0.25, 0.3) is 5.91 Å². The Balaban J connectivity index is 2.14. The molecule has 0 spiro atoms. The van der Waals surface area contributed by atoms with E-state index in [0.29, 0.717) is 18.7 Å². The molecule has 5 nitrogen and oxygen atoms in total. The fourth-order valence-electron chi connectivity index (χ4n) is 2.15. The van der Waals surface area contributed by atoms with Crippen LogP contribution < -0.4 is 0 Å². The molecule has 0 bridgehead atoms. The van der Waals surface area contributed by atoms with Crippen molar-refractivity contribution in [2.75, 3.05) is 13.7 Å². The van der Waals surface area contributed by atoms with E-state index in [1.54, 1.807) is 10.3 Å². The molecular formula is C17H20N2O3S. The average Bonchev–Trinajstić information content (AvgIpc) is 3.02. The Morgan fingerprint density at radius 1 is 1.26 bits per heavy atom. The predicted octanol–water partition coefficient (Wildman–Crippen LogP) is 3.29. The molecule has 6 heteroatoms. The van der Waals surface area contributed by atoms with Gasteiger partial charge in [-0.05, 0) is 25.5 Å². The highest BCUT2D eigenvalue weighted by Crippen LogP contribution is 2.16. The second-order valence-corrected chi connectivity index (χ2v) is 6.15. The van der Waals surface area contributed by atoms with Gasteiger partial charge in [0.05, 0.1) is 13.7 Å². The number of aromatic nitrogens is 1. The highest BCUT2D eigenvalue weighted by atomic mass is 32.1. The van der Waals surface area contributed by atoms with E-state index in [1.807, 2.05) is 38.1 Å². The lowest BCUT2D eigenvalue weighted by Crippen LogP contribution is -2.31. The van der Waals surface area contributed by atoms with E-state index in [4.69, 9.17) is 0 Å². The van der Waals surface area contributed by atoms with Crippen LogP contribution in [-0.2, 0) is 11.3 Å². The maximum absolute atomic E-state index is 12.7. The average molecular weight is 332 g/mol. The van der Waals surface area contributed by atoms with Crippen molar-refractivity contribution in [2.45, 2.75) is 26.8 Å². The number of carbonyl (C=O) groups excluding carboxylic acids is 2. The van der Waals surface area contributed by atoms with Crippen LogP contribution in [0, 0.1) is 6.92 Å². The summed E-state index contributed by atoms with van der Waals surface area (Å²) < 4.78 is 4.65. The summed E-state index contributed by atoms with van der Waals surface area (Å²) in [6.07, 6.45) is 0.854. The summed E-state index contributed by atoms with van der Waals surface area (Å²) in [6, 6.07) is 7.52. The van der Waals surface area contributed by atoms with Gasteiger partial charge in [-0.15, -0.1) is 11.3 Å². The molecule has 2 aromatic rings. The van der Waals surface area contributed by atoms with Crippen LogP contribution >= 0.6 is 11.3 Å². The van der Waals surface area contributed by atoms with Crippen molar-refractivity contribution in [3.05, 3.63) is 51.5 Å². The van der Waals surface area contributed by atoms with Crippen molar-refractivity contribution in [3.8, 4) is 0 Å². The van der Waals surface area contributed by atoms with Crippen LogP contribution in [0.4, 0.5) is 0 Å². The SMILES string of the molecule is CCCN(Cc1nc(C(=O)OC)cs1)C(=O)c1ccc(C)cc1. The summed E-state index contributed by atoms with van der Waals surface area (Å²) in [6.45, 7) is 5.04. The molecule has 0 unspecified atom stereocenters. The zero-order valence-corrected chi connectivity index (χ0v) is 14.4. The highest BCUT2D eigenvalue weighted by molar-refractivity contribution is 7.09. The number of carbonyl (C=O) groups is 2. The number of aryl methyl sites for hydroxylation is 1. The van der Waals surface area contributed by atoms with Crippen molar-refractivity contribution in [2.24, 2.45) is 0 Å². The molecule has 23 heavy (non-hydrogen) atoms. The highest BCUT2D eigenvalue weighted by Gasteiger charge is 2.18. The van der Waals surface area contributed by atoms with Crippen molar-refractivity contribution in [3.63, 3.8) is 0 Å². The molecule has 1 amide bonds. The van der Waals surface area contributed by atoms with Crippen molar-refractivity contribution in [1.82, 2.24) is 9.88 Å². The maximum atomic E-state index is 12.7. The van der Waals surface area contributed by atoms with E-state index < -0.39 is 5.97 Å². The minimum absolute atomic E-state index is 0.0262. The van der Waals surface area contributed by atoms with Crippen molar-refractivity contribution in [1.29, 1.82) is 0 Å². The molecule has 0 fully saturated rings. The summed E-state index contributed by atoms with van der Waals surface area (Å²) in [5.74, 6) is -0.485. The third-order valence-corrected chi connectivity index (χ3v) is 4.19. The second-order valence-electron chi connectivity index (χ2n) is 5.21. The van der Waals surface area contributed by atoms with E-state index in [0.717, 1.165) is 17.0 Å². The van der Waals surface area contributed by atoms with Crippen LogP contribution in [-0.4, -0.2) is 35.4 Å². The van der Waals surface area contributed by atoms with Gasteiger partial charge < -0.3 is 9.64 Å². The first-order valence-electron chi connectivity index (χ1n) is 7.43. The maximum Gasteiger partial charge on any atom is 0.357 e. The standard InChI is InChI=1S/C17H20N2O3S/c1-4-9-19(16(20)13-7-5-12(2)6-8-13)10-15-18-14(11-23-15)17(21)22-3/h5-8,11H,4,9-10H2,1-3H3. The van der Waals surface area contributed by atoms with Crippen LogP contribution in [0.3, 0.4) is 0 Å². The summed E-state index contributed by atoms with van der Waals surface area (Å²) in [5.41, 5.74) is 2.06. The molecule has 2 rings (SSSR count). The number of rotatable bonds is 6. The number of benzene rings is 1. The second kappa shape index (κ2) is 7.87. The normalized spacial score (nSPS) is 10.4. The molecular weight excluding hydrogens is 312 g/mol. The van der Waals surface area contributed by atoms with Gasteiger partial charge >= 0.3 is 5.97 Å². The Bertz CT molecular complexity index is 679. The smallest absolute Gasteiger partial charge is 0.357 e. The topological polar surface area (TPSA) is 59.5 Å². The van der Waals surface area contributed by atoms with Crippen LogP contribution in [0.25, 0.3) is 0 Å². The Kier molecular flexibility index (Phi) is 5.87. The largest absolute Gasteiger partial charge is 0.464 e. The third kappa shape index (κ3) is 4.39. The summed E-state index contributed by atoms with van der Waals surface area (Å²) >= 11 is 1.36. The molecule has 0 aliphatic carbocycles. The number of nitrogens with zero attached hydrogens (tertiary/aromatic N) is 2. The number of thiazole rings is 1. The van der Waals surface area contributed by atoms with Crippen LogP contribution in [0.1, 0.15) is 44.8 Å². The Morgan fingerprint density at radius 2 is 1.96 bits per heavy atom. The molecule has 1 aromatic carbocycles. The molecule has 0 atom stereocenters. The molecule has 0 aliphatic rings. The van der Waals surface area contributed by atoms with Gasteiger partial charge in [0.15, 0.2) is 5.69 Å². The molecule has 0 N–H and O–H groups in total. The van der Waals surface area contributed by atoms with Crippen molar-refractivity contribution >= 4 is 23.2 Å². The van der Waals surface area contributed by atoms with E-state index in [1.165, 1.54) is 18.4 Å². The van der Waals surface area contributed by atoms with Gasteiger partial charge in [0.1, 0.15) is 5.01 Å². The number of methoxy groups -OCH3 is 1. The van der Waals surface area contributed by atoms with Crippen molar-refractivity contribution < 1.29 is 14.3 Å². The van der Waals surface area contributed by atoms with Gasteiger partial charge in [-0.2, -0.15) is 0 Å². The Hall–Kier alpha value is -2.21. The zero-order valence-electron chi connectivity index (χ0n) is 13.5.